The molecular formula is C27H23N3. The van der Waals surface area contributed by atoms with Crippen LogP contribution in [0.3, 0.4) is 0 Å². The lowest BCUT2D eigenvalue weighted by Crippen LogP contribution is -2.32. The highest BCUT2D eigenvalue weighted by atomic mass is 15.3. The lowest BCUT2D eigenvalue weighted by Gasteiger charge is -2.31. The van der Waals surface area contributed by atoms with Crippen molar-refractivity contribution in [1.82, 2.24) is 9.88 Å². The Labute approximate surface area is 177 Å². The lowest BCUT2D eigenvalue weighted by molar-refractivity contribution is 0.304. The molecule has 0 unspecified atom stereocenters. The summed E-state index contributed by atoms with van der Waals surface area (Å²) in [6, 6.07) is 38.0. The first-order valence-electron chi connectivity index (χ1n) is 10.3. The Kier molecular flexibility index (Phi) is 5.09. The largest absolute Gasteiger partial charge is 0.341 e. The van der Waals surface area contributed by atoms with Crippen LogP contribution in [-0.2, 0) is 6.54 Å². The van der Waals surface area contributed by atoms with E-state index in [1.165, 1.54) is 16.7 Å². The first kappa shape index (κ1) is 18.3. The fourth-order valence-corrected chi connectivity index (χ4v) is 4.16. The predicted octanol–water partition coefficient (Wildman–Crippen LogP) is 5.83. The quantitative estimate of drug-likeness (QED) is 0.430. The van der Waals surface area contributed by atoms with Crippen molar-refractivity contribution in [2.75, 3.05) is 0 Å². The van der Waals surface area contributed by atoms with Crippen molar-refractivity contribution in [1.29, 1.82) is 0 Å². The summed E-state index contributed by atoms with van der Waals surface area (Å²) in [5.41, 5.74) is 4.65. The van der Waals surface area contributed by atoms with E-state index in [-0.39, 0.29) is 12.1 Å². The number of pyridine rings is 1. The normalized spacial score (nSPS) is 18.3. The molecule has 30 heavy (non-hydrogen) atoms. The fraction of sp³-hybridized carbons (Fsp3) is 0.111. The first-order chi connectivity index (χ1) is 14.9. The molecule has 0 amide bonds. The van der Waals surface area contributed by atoms with Crippen molar-refractivity contribution < 1.29 is 0 Å². The molecule has 3 aromatic carbocycles. The summed E-state index contributed by atoms with van der Waals surface area (Å²) >= 11 is 0. The lowest BCUT2D eigenvalue weighted by atomic mass is 9.93. The maximum Gasteiger partial charge on any atom is 0.151 e. The van der Waals surface area contributed by atoms with Gasteiger partial charge in [0.2, 0.25) is 0 Å². The molecule has 0 fully saturated rings. The average Bonchev–Trinajstić information content (AvgIpc) is 3.20. The maximum atomic E-state index is 5.24. The second kappa shape index (κ2) is 8.34. The van der Waals surface area contributed by atoms with Gasteiger partial charge < -0.3 is 4.90 Å². The van der Waals surface area contributed by atoms with Gasteiger partial charge in [0, 0.05) is 12.7 Å². The first-order valence-corrected chi connectivity index (χ1v) is 10.3. The zero-order valence-electron chi connectivity index (χ0n) is 16.7. The van der Waals surface area contributed by atoms with E-state index in [1.807, 2.05) is 24.4 Å². The number of nitrogens with zero attached hydrogens (tertiary/aromatic N) is 3. The van der Waals surface area contributed by atoms with Crippen molar-refractivity contribution in [3.8, 4) is 0 Å². The molecule has 0 aliphatic carbocycles. The molecule has 0 N–H and O–H groups in total. The van der Waals surface area contributed by atoms with Gasteiger partial charge in [0.15, 0.2) is 5.84 Å². The van der Waals surface area contributed by atoms with Crippen molar-refractivity contribution in [2.45, 2.75) is 18.6 Å². The molecule has 0 saturated carbocycles. The van der Waals surface area contributed by atoms with E-state index in [4.69, 9.17) is 4.99 Å². The van der Waals surface area contributed by atoms with Crippen molar-refractivity contribution in [3.05, 3.63) is 138 Å². The molecular weight excluding hydrogens is 366 g/mol. The van der Waals surface area contributed by atoms with Gasteiger partial charge in [-0.15, -0.1) is 0 Å². The van der Waals surface area contributed by atoms with Crippen LogP contribution in [0.15, 0.2) is 120 Å². The molecule has 0 radical (unpaired) electrons. The van der Waals surface area contributed by atoms with E-state index < -0.39 is 0 Å². The molecule has 3 nitrogen and oxygen atoms in total. The van der Waals surface area contributed by atoms with E-state index in [2.05, 4.69) is 101 Å². The van der Waals surface area contributed by atoms with E-state index in [9.17, 15) is 0 Å². The summed E-state index contributed by atoms with van der Waals surface area (Å²) in [4.78, 5) is 12.3. The summed E-state index contributed by atoms with van der Waals surface area (Å²) in [7, 11) is 0. The number of hydrogen-bond donors (Lipinski definition) is 0. The molecule has 0 bridgehead atoms. The Balaban J connectivity index is 1.65. The zero-order valence-corrected chi connectivity index (χ0v) is 16.7. The zero-order chi connectivity index (χ0) is 20.2. The molecule has 5 rings (SSSR count). The number of benzene rings is 3. The van der Waals surface area contributed by atoms with Crippen molar-refractivity contribution in [2.24, 2.45) is 4.99 Å². The number of rotatable bonds is 5. The Hall–Kier alpha value is -3.72. The summed E-state index contributed by atoms with van der Waals surface area (Å²) in [5, 5.41) is 0. The number of aliphatic imine (C=N–C) groups is 1. The molecule has 146 valence electrons. The van der Waals surface area contributed by atoms with E-state index >= 15 is 0 Å². The maximum absolute atomic E-state index is 5.24. The molecule has 2 atom stereocenters. The van der Waals surface area contributed by atoms with Crippen molar-refractivity contribution >= 4 is 5.84 Å². The summed E-state index contributed by atoms with van der Waals surface area (Å²) in [6.45, 7) is 0.777. The van der Waals surface area contributed by atoms with Gasteiger partial charge >= 0.3 is 0 Å². The van der Waals surface area contributed by atoms with E-state index in [0.29, 0.717) is 0 Å². The van der Waals surface area contributed by atoms with Gasteiger partial charge in [-0.25, -0.2) is 0 Å². The van der Waals surface area contributed by atoms with Crippen LogP contribution in [0.25, 0.3) is 0 Å². The smallest absolute Gasteiger partial charge is 0.151 e. The fourth-order valence-electron chi connectivity index (χ4n) is 4.16. The van der Waals surface area contributed by atoms with Crippen LogP contribution < -0.4 is 0 Å². The minimum atomic E-state index is 0.00863. The molecule has 4 aromatic rings. The number of aromatic nitrogens is 1. The molecule has 0 spiro atoms. The SMILES string of the molecule is c1ccc(CN2C(c3ccccn3)=N[C@H](c3ccccc3)[C@H]2c2ccccc2)cc1. The third kappa shape index (κ3) is 3.62. The summed E-state index contributed by atoms with van der Waals surface area (Å²) in [5.74, 6) is 0.946. The molecule has 0 saturated heterocycles. The van der Waals surface area contributed by atoms with Crippen LogP contribution >= 0.6 is 0 Å². The van der Waals surface area contributed by atoms with Gasteiger partial charge in [-0.05, 0) is 28.8 Å². The summed E-state index contributed by atoms with van der Waals surface area (Å²) < 4.78 is 0. The minimum absolute atomic E-state index is 0.00863. The molecule has 1 aliphatic rings. The van der Waals surface area contributed by atoms with Crippen LogP contribution in [-0.4, -0.2) is 15.7 Å². The second-order valence-corrected chi connectivity index (χ2v) is 7.49. The molecule has 3 heteroatoms. The predicted molar refractivity (Wildman–Crippen MR) is 121 cm³/mol. The highest BCUT2D eigenvalue weighted by Gasteiger charge is 2.38. The van der Waals surface area contributed by atoms with Crippen LogP contribution in [0.2, 0.25) is 0 Å². The minimum Gasteiger partial charge on any atom is -0.341 e. The molecule has 1 aliphatic heterocycles. The Morgan fingerprint density at radius 3 is 1.87 bits per heavy atom. The third-order valence-corrected chi connectivity index (χ3v) is 5.54. The van der Waals surface area contributed by atoms with Gasteiger partial charge in [0.1, 0.15) is 11.7 Å². The van der Waals surface area contributed by atoms with Gasteiger partial charge in [0.25, 0.3) is 0 Å². The standard InChI is InChI=1S/C27H23N3/c1-4-12-21(13-5-1)20-30-26(23-16-8-3-9-17-23)25(22-14-6-2-7-15-22)29-27(30)24-18-10-11-19-28-24/h1-19,25-26H,20H2/t25-,26-/m1/s1. The van der Waals surface area contributed by atoms with Gasteiger partial charge in [-0.3, -0.25) is 9.98 Å². The van der Waals surface area contributed by atoms with Gasteiger partial charge in [0.05, 0.1) is 6.04 Å². The van der Waals surface area contributed by atoms with Gasteiger partial charge in [-0.2, -0.15) is 0 Å². The third-order valence-electron chi connectivity index (χ3n) is 5.54. The topological polar surface area (TPSA) is 28.5 Å². The van der Waals surface area contributed by atoms with Gasteiger partial charge in [-0.1, -0.05) is 97.1 Å². The number of hydrogen-bond acceptors (Lipinski definition) is 3. The molecule has 2 heterocycles. The van der Waals surface area contributed by atoms with Crippen LogP contribution in [0.4, 0.5) is 0 Å². The number of amidine groups is 1. The average molecular weight is 390 g/mol. The van der Waals surface area contributed by atoms with Crippen LogP contribution in [0, 0.1) is 0 Å². The van der Waals surface area contributed by atoms with E-state index in [0.717, 1.165) is 18.1 Å². The Morgan fingerprint density at radius 1 is 0.633 bits per heavy atom. The second-order valence-electron chi connectivity index (χ2n) is 7.49. The molecule has 1 aromatic heterocycles. The Bertz CT molecular complexity index is 1110. The highest BCUT2D eigenvalue weighted by Crippen LogP contribution is 2.43. The highest BCUT2D eigenvalue weighted by molar-refractivity contribution is 5.98. The monoisotopic (exact) mass is 389 g/mol. The summed E-state index contributed by atoms with van der Waals surface area (Å²) in [6.07, 6.45) is 1.84. The van der Waals surface area contributed by atoms with Crippen LogP contribution in [0.5, 0.6) is 0 Å². The van der Waals surface area contributed by atoms with E-state index in [1.54, 1.807) is 0 Å². The Morgan fingerprint density at radius 2 is 1.23 bits per heavy atom. The van der Waals surface area contributed by atoms with Crippen LogP contribution in [0.1, 0.15) is 34.5 Å². The van der Waals surface area contributed by atoms with Crippen molar-refractivity contribution in [3.63, 3.8) is 0 Å².